The van der Waals surface area contributed by atoms with Crippen LogP contribution in [0.4, 0.5) is 0 Å². The molecule has 22 heteroatoms. The van der Waals surface area contributed by atoms with E-state index in [4.69, 9.17) is 67.6 Å². The summed E-state index contributed by atoms with van der Waals surface area (Å²) in [6.45, 7) is -1.48. The van der Waals surface area contributed by atoms with Gasteiger partial charge in [-0.1, -0.05) is 0 Å². The smallest absolute Gasteiger partial charge is 0.187 e. The first-order chi connectivity index (χ1) is 24.6. The standard InChI is InChI=1S/C30H58N6O16/c31-4-8-1-13(9(33)3-12(8)39)46-24-11(35)2-10(34)18(40)27(24)52-30-23(45)26(16(7-38)49-30)50-28-17(36)20(42)25(14(5-32)47-28)51-29-22(44)21(43)19(41)15(6-37)48-29/h8-30,37-45H,1-7,31-36H2. The van der Waals surface area contributed by atoms with Crippen molar-refractivity contribution in [3.05, 3.63) is 0 Å². The molecule has 2 saturated carbocycles. The SMILES string of the molecule is NCC1CC(OC2C(N)CC(N)C(O)C2OC2OC(CO)C(OC3OC(CN)C(OC4OC(CO)C(O)C(O)C4O)C(O)C3N)C2O)C(N)CC1O. The summed E-state index contributed by atoms with van der Waals surface area (Å²) in [5, 5.41) is 94.4. The average Bonchev–Trinajstić information content (AvgIpc) is 3.41. The van der Waals surface area contributed by atoms with E-state index >= 15 is 0 Å². The Balaban J connectivity index is 1.26. The highest BCUT2D eigenvalue weighted by atomic mass is 16.8. The number of hydrogen-bond donors (Lipinski definition) is 15. The molecule has 0 aromatic heterocycles. The highest BCUT2D eigenvalue weighted by Gasteiger charge is 2.55. The fourth-order valence-electron chi connectivity index (χ4n) is 7.67. The lowest BCUT2D eigenvalue weighted by Crippen LogP contribution is -2.67. The molecule has 0 bridgehead atoms. The minimum Gasteiger partial charge on any atom is -0.394 e. The van der Waals surface area contributed by atoms with Gasteiger partial charge < -0.3 is 114 Å². The average molecular weight is 759 g/mol. The van der Waals surface area contributed by atoms with Gasteiger partial charge in [-0.25, -0.2) is 0 Å². The first kappa shape index (κ1) is 42.3. The maximum absolute atomic E-state index is 11.4. The second kappa shape index (κ2) is 17.9. The minimum atomic E-state index is -1.78. The van der Waals surface area contributed by atoms with E-state index in [1.165, 1.54) is 0 Å². The van der Waals surface area contributed by atoms with Crippen molar-refractivity contribution in [3.8, 4) is 0 Å². The molecule has 2 aliphatic carbocycles. The molecule has 0 aromatic carbocycles. The van der Waals surface area contributed by atoms with Crippen LogP contribution in [0.2, 0.25) is 0 Å². The van der Waals surface area contributed by atoms with E-state index in [1.807, 2.05) is 0 Å². The predicted molar refractivity (Wildman–Crippen MR) is 173 cm³/mol. The van der Waals surface area contributed by atoms with Crippen LogP contribution in [0.5, 0.6) is 0 Å². The summed E-state index contributed by atoms with van der Waals surface area (Å²) in [5.74, 6) is -0.278. The minimum absolute atomic E-state index is 0.165. The van der Waals surface area contributed by atoms with Crippen molar-refractivity contribution < 1.29 is 79.1 Å². The Morgan fingerprint density at radius 3 is 1.69 bits per heavy atom. The van der Waals surface area contributed by atoms with Crippen molar-refractivity contribution >= 4 is 0 Å². The summed E-state index contributed by atoms with van der Waals surface area (Å²) in [4.78, 5) is 0. The highest BCUT2D eigenvalue weighted by Crippen LogP contribution is 2.36. The van der Waals surface area contributed by atoms with Crippen molar-refractivity contribution in [1.82, 2.24) is 0 Å². The van der Waals surface area contributed by atoms with E-state index < -0.39 is 148 Å². The summed E-state index contributed by atoms with van der Waals surface area (Å²) >= 11 is 0. The van der Waals surface area contributed by atoms with Crippen molar-refractivity contribution in [1.29, 1.82) is 0 Å². The number of rotatable bonds is 12. The Morgan fingerprint density at radius 2 is 1.06 bits per heavy atom. The molecule has 3 heterocycles. The number of hydrogen-bond acceptors (Lipinski definition) is 22. The third-order valence-electron chi connectivity index (χ3n) is 10.9. The van der Waals surface area contributed by atoms with E-state index in [9.17, 15) is 46.0 Å². The predicted octanol–water partition coefficient (Wildman–Crippen LogP) is -9.38. The zero-order valence-corrected chi connectivity index (χ0v) is 28.6. The molecule has 3 saturated heterocycles. The Bertz CT molecular complexity index is 1120. The van der Waals surface area contributed by atoms with Crippen LogP contribution in [0, 0.1) is 5.92 Å². The first-order valence-corrected chi connectivity index (χ1v) is 17.6. The van der Waals surface area contributed by atoms with Crippen molar-refractivity contribution in [2.75, 3.05) is 26.3 Å². The Kier molecular flexibility index (Phi) is 14.6. The van der Waals surface area contributed by atoms with Crippen molar-refractivity contribution in [3.63, 3.8) is 0 Å². The molecule has 5 fully saturated rings. The van der Waals surface area contributed by atoms with Gasteiger partial charge >= 0.3 is 0 Å². The van der Waals surface area contributed by atoms with Crippen molar-refractivity contribution in [2.45, 2.75) is 154 Å². The van der Waals surface area contributed by atoms with Gasteiger partial charge in [0.2, 0.25) is 0 Å². The Labute approximate surface area is 299 Å². The Hall–Kier alpha value is -0.880. The van der Waals surface area contributed by atoms with E-state index in [2.05, 4.69) is 0 Å². The zero-order valence-electron chi connectivity index (χ0n) is 28.6. The van der Waals surface area contributed by atoms with Gasteiger partial charge in [-0.3, -0.25) is 0 Å². The Morgan fingerprint density at radius 1 is 0.481 bits per heavy atom. The third-order valence-corrected chi connectivity index (χ3v) is 10.9. The molecule has 21 N–H and O–H groups in total. The van der Waals surface area contributed by atoms with Gasteiger partial charge in [0.15, 0.2) is 18.9 Å². The summed E-state index contributed by atoms with van der Waals surface area (Å²) < 4.78 is 41.2. The normalized spacial score (nSPS) is 53.2. The quantitative estimate of drug-likeness (QED) is 0.0878. The molecule has 0 aromatic rings. The molecule has 0 radical (unpaired) electrons. The monoisotopic (exact) mass is 758 g/mol. The fraction of sp³-hybridized carbons (Fsp3) is 1.00. The second-order valence-electron chi connectivity index (χ2n) is 14.5. The maximum atomic E-state index is 11.4. The van der Waals surface area contributed by atoms with Crippen LogP contribution in [0.25, 0.3) is 0 Å². The molecule has 52 heavy (non-hydrogen) atoms. The molecular formula is C30H58N6O16. The fourth-order valence-corrected chi connectivity index (χ4v) is 7.67. The van der Waals surface area contributed by atoms with Crippen LogP contribution < -0.4 is 34.4 Å². The summed E-state index contributed by atoms with van der Waals surface area (Å²) in [5.41, 5.74) is 37.0. The van der Waals surface area contributed by atoms with Gasteiger partial charge in [-0.05, 0) is 31.7 Å². The van der Waals surface area contributed by atoms with Gasteiger partial charge in [0.1, 0.15) is 73.2 Å². The van der Waals surface area contributed by atoms with Crippen LogP contribution in [0.1, 0.15) is 19.3 Å². The summed E-state index contributed by atoms with van der Waals surface area (Å²) in [7, 11) is 0. The van der Waals surface area contributed by atoms with E-state index in [0.717, 1.165) is 0 Å². The number of aliphatic hydroxyl groups excluding tert-OH is 9. The largest absolute Gasteiger partial charge is 0.394 e. The molecule has 0 spiro atoms. The molecule has 304 valence electrons. The van der Waals surface area contributed by atoms with Crippen LogP contribution in [-0.2, 0) is 33.2 Å². The molecule has 5 rings (SSSR count). The lowest BCUT2D eigenvalue weighted by Gasteiger charge is -2.47. The van der Waals surface area contributed by atoms with Crippen LogP contribution in [0.15, 0.2) is 0 Å². The van der Waals surface area contributed by atoms with Gasteiger partial charge in [-0.2, -0.15) is 0 Å². The summed E-state index contributed by atoms with van der Waals surface area (Å²) in [6.07, 6.45) is -23.6. The lowest BCUT2D eigenvalue weighted by molar-refractivity contribution is -0.348. The molecule has 0 amide bonds. The zero-order chi connectivity index (χ0) is 38.2. The van der Waals surface area contributed by atoms with Gasteiger partial charge in [-0.15, -0.1) is 0 Å². The van der Waals surface area contributed by atoms with Crippen LogP contribution >= 0.6 is 0 Å². The van der Waals surface area contributed by atoms with Crippen LogP contribution in [-0.4, -0.2) is 207 Å². The molecule has 5 aliphatic rings. The lowest BCUT2D eigenvalue weighted by atomic mass is 9.80. The van der Waals surface area contributed by atoms with Crippen LogP contribution in [0.3, 0.4) is 0 Å². The highest BCUT2D eigenvalue weighted by molar-refractivity contribution is 5.02. The second-order valence-corrected chi connectivity index (χ2v) is 14.5. The molecule has 23 atom stereocenters. The molecule has 23 unspecified atom stereocenters. The third kappa shape index (κ3) is 8.58. The van der Waals surface area contributed by atoms with E-state index in [0.29, 0.717) is 6.42 Å². The number of aliphatic hydroxyl groups is 9. The van der Waals surface area contributed by atoms with Gasteiger partial charge in [0.05, 0.1) is 37.6 Å². The van der Waals surface area contributed by atoms with Gasteiger partial charge in [0.25, 0.3) is 0 Å². The topological polar surface area (TPSA) is 403 Å². The summed E-state index contributed by atoms with van der Waals surface area (Å²) in [6, 6.07) is -3.54. The van der Waals surface area contributed by atoms with E-state index in [-0.39, 0.29) is 31.8 Å². The number of ether oxygens (including phenoxy) is 7. The van der Waals surface area contributed by atoms with Crippen molar-refractivity contribution in [2.24, 2.45) is 40.3 Å². The molecular weight excluding hydrogens is 700 g/mol. The van der Waals surface area contributed by atoms with E-state index in [1.54, 1.807) is 0 Å². The molecule has 3 aliphatic heterocycles. The maximum Gasteiger partial charge on any atom is 0.187 e. The molecule has 22 nitrogen and oxygen atoms in total. The first-order valence-electron chi connectivity index (χ1n) is 17.6. The number of nitrogens with two attached hydrogens (primary N) is 6. The van der Waals surface area contributed by atoms with Gasteiger partial charge in [0, 0.05) is 24.7 Å².